The fourth-order valence-electron chi connectivity index (χ4n) is 5.52. The van der Waals surface area contributed by atoms with E-state index in [1.165, 1.54) is 30.6 Å². The average Bonchev–Trinajstić information content (AvgIpc) is 3.05. The molecule has 0 unspecified atom stereocenters. The highest BCUT2D eigenvalue weighted by Crippen LogP contribution is 2.29. The SMILES string of the molecule is COc1ccc(S(=O)(=O)N(C)C[C@H]2OCCCC[C@@H](C)Oc3ccc(NC(=O)CCCN(C)C)cc3C(=O)N([C@@H](C)CO)C[C@H]2C)cc1. The number of hydrogen-bond donors (Lipinski definition) is 2. The average molecular weight is 691 g/mol. The summed E-state index contributed by atoms with van der Waals surface area (Å²) in [6.45, 7) is 6.76. The Bertz CT molecular complexity index is 1440. The number of hydrogen-bond acceptors (Lipinski definition) is 9. The van der Waals surface area contributed by atoms with Gasteiger partial charge in [0.2, 0.25) is 15.9 Å². The molecular weight excluding hydrogens is 636 g/mol. The van der Waals surface area contributed by atoms with Crippen molar-refractivity contribution in [2.75, 3.05) is 66.4 Å². The molecule has 2 aromatic rings. The zero-order valence-electron chi connectivity index (χ0n) is 29.5. The summed E-state index contributed by atoms with van der Waals surface area (Å²) >= 11 is 0. The molecule has 0 aromatic heterocycles. The lowest BCUT2D eigenvalue weighted by Crippen LogP contribution is -2.48. The fraction of sp³-hybridized carbons (Fsp3) is 0.600. The topological polar surface area (TPSA) is 138 Å². The molecule has 0 fully saturated rings. The number of ether oxygens (including phenoxy) is 3. The minimum Gasteiger partial charge on any atom is -0.497 e. The highest BCUT2D eigenvalue weighted by molar-refractivity contribution is 7.89. The Kier molecular flexibility index (Phi) is 15.1. The second kappa shape index (κ2) is 18.5. The van der Waals surface area contributed by atoms with Crippen LogP contribution in [0.4, 0.5) is 5.69 Å². The van der Waals surface area contributed by atoms with E-state index in [9.17, 15) is 23.1 Å². The van der Waals surface area contributed by atoms with Crippen LogP contribution in [0.1, 0.15) is 63.2 Å². The van der Waals surface area contributed by atoms with Crippen molar-refractivity contribution < 1.29 is 37.3 Å². The number of benzene rings is 2. The van der Waals surface area contributed by atoms with E-state index in [0.29, 0.717) is 43.1 Å². The maximum Gasteiger partial charge on any atom is 0.258 e. The van der Waals surface area contributed by atoms with Crippen LogP contribution >= 0.6 is 0 Å². The largest absolute Gasteiger partial charge is 0.497 e. The van der Waals surface area contributed by atoms with E-state index in [0.717, 1.165) is 19.4 Å². The van der Waals surface area contributed by atoms with Gasteiger partial charge in [0.05, 0.1) is 42.4 Å². The van der Waals surface area contributed by atoms with Gasteiger partial charge in [-0.2, -0.15) is 4.31 Å². The number of likely N-dealkylation sites (N-methyl/N-ethyl adjacent to an activating group) is 1. The molecule has 0 aliphatic carbocycles. The Hall–Kier alpha value is -3.23. The fourth-order valence-corrected chi connectivity index (χ4v) is 6.70. The Labute approximate surface area is 286 Å². The number of rotatable bonds is 12. The molecule has 0 radical (unpaired) electrons. The number of fused-ring (bicyclic) bond motifs is 1. The van der Waals surface area contributed by atoms with Crippen molar-refractivity contribution in [1.82, 2.24) is 14.1 Å². The molecule has 3 rings (SSSR count). The van der Waals surface area contributed by atoms with Crippen LogP contribution in [0.3, 0.4) is 0 Å². The number of sulfonamides is 1. The van der Waals surface area contributed by atoms with Crippen molar-refractivity contribution in [3.8, 4) is 11.5 Å². The van der Waals surface area contributed by atoms with Crippen LogP contribution in [0, 0.1) is 5.92 Å². The van der Waals surface area contributed by atoms with E-state index in [2.05, 4.69) is 5.32 Å². The van der Waals surface area contributed by atoms with Crippen LogP contribution in [0.25, 0.3) is 0 Å². The first kappa shape index (κ1) is 39.2. The van der Waals surface area contributed by atoms with Crippen molar-refractivity contribution in [1.29, 1.82) is 0 Å². The van der Waals surface area contributed by atoms with Crippen molar-refractivity contribution in [2.45, 2.75) is 76.0 Å². The maximum absolute atomic E-state index is 14.3. The Morgan fingerprint density at radius 1 is 1.12 bits per heavy atom. The normalized spacial score (nSPS) is 20.5. The standard InChI is InChI=1S/C35H54N4O8S/c1-25-22-39(26(2)24-40)35(42)31-21-28(36-34(41)12-10-19-37(4)5)13-18-32(31)47-27(3)11-8-9-20-46-33(25)23-38(6)48(43,44)30-16-14-29(45-7)15-17-30/h13-18,21,25-27,33,40H,8-12,19-20,22-24H2,1-7H3,(H,36,41)/t25-,26+,27-,33-/m1/s1. The first-order valence-electron chi connectivity index (χ1n) is 16.7. The minimum absolute atomic E-state index is 0.0607. The van der Waals surface area contributed by atoms with Crippen molar-refractivity contribution in [3.05, 3.63) is 48.0 Å². The lowest BCUT2D eigenvalue weighted by atomic mass is 10.0. The van der Waals surface area contributed by atoms with Crippen molar-refractivity contribution in [2.24, 2.45) is 5.92 Å². The van der Waals surface area contributed by atoms with Gasteiger partial charge < -0.3 is 34.4 Å². The summed E-state index contributed by atoms with van der Waals surface area (Å²) < 4.78 is 46.1. The summed E-state index contributed by atoms with van der Waals surface area (Å²) in [5.41, 5.74) is 0.750. The molecule has 4 atom stereocenters. The third kappa shape index (κ3) is 11.2. The molecule has 2 aromatic carbocycles. The predicted molar refractivity (Wildman–Crippen MR) is 186 cm³/mol. The molecule has 48 heavy (non-hydrogen) atoms. The molecule has 2 N–H and O–H groups in total. The van der Waals surface area contributed by atoms with Gasteiger partial charge in [0.25, 0.3) is 5.91 Å². The summed E-state index contributed by atoms with van der Waals surface area (Å²) in [4.78, 5) is 30.7. The van der Waals surface area contributed by atoms with Gasteiger partial charge in [-0.3, -0.25) is 9.59 Å². The minimum atomic E-state index is -3.84. The van der Waals surface area contributed by atoms with Gasteiger partial charge in [-0.05, 0) is 103 Å². The quantitative estimate of drug-likeness (QED) is 0.337. The summed E-state index contributed by atoms with van der Waals surface area (Å²) in [5.74, 6) is 0.114. The van der Waals surface area contributed by atoms with E-state index in [4.69, 9.17) is 14.2 Å². The van der Waals surface area contributed by atoms with E-state index >= 15 is 0 Å². The number of amides is 2. The molecule has 0 bridgehead atoms. The number of anilines is 1. The van der Waals surface area contributed by atoms with Crippen LogP contribution in [0.5, 0.6) is 11.5 Å². The molecule has 13 heteroatoms. The first-order valence-corrected chi connectivity index (χ1v) is 18.1. The van der Waals surface area contributed by atoms with Crippen LogP contribution in [0.2, 0.25) is 0 Å². The molecule has 1 aliphatic heterocycles. The first-order chi connectivity index (χ1) is 22.8. The van der Waals surface area contributed by atoms with E-state index in [-0.39, 0.29) is 54.0 Å². The molecule has 2 amide bonds. The smallest absolute Gasteiger partial charge is 0.258 e. The number of nitrogens with one attached hydrogen (secondary N) is 1. The van der Waals surface area contributed by atoms with E-state index < -0.39 is 22.2 Å². The molecule has 1 aliphatic rings. The monoisotopic (exact) mass is 690 g/mol. The van der Waals surface area contributed by atoms with Gasteiger partial charge in [0.15, 0.2) is 0 Å². The van der Waals surface area contributed by atoms with Gasteiger partial charge in [0.1, 0.15) is 11.5 Å². The highest BCUT2D eigenvalue weighted by atomic mass is 32.2. The lowest BCUT2D eigenvalue weighted by molar-refractivity contribution is -0.116. The number of methoxy groups -OCH3 is 1. The zero-order valence-corrected chi connectivity index (χ0v) is 30.3. The number of carbonyl (C=O) groups excluding carboxylic acids is 2. The summed E-state index contributed by atoms with van der Waals surface area (Å²) in [5, 5.41) is 13.1. The van der Waals surface area contributed by atoms with Gasteiger partial charge in [-0.25, -0.2) is 8.42 Å². The number of aliphatic hydroxyl groups excluding tert-OH is 1. The highest BCUT2D eigenvalue weighted by Gasteiger charge is 2.32. The molecule has 268 valence electrons. The van der Waals surface area contributed by atoms with Crippen LogP contribution in [-0.4, -0.2) is 119 Å². The van der Waals surface area contributed by atoms with Crippen molar-refractivity contribution in [3.63, 3.8) is 0 Å². The number of nitrogens with zero attached hydrogens (tertiary/aromatic N) is 3. The summed E-state index contributed by atoms with van der Waals surface area (Å²) in [6.07, 6.45) is 2.55. The Morgan fingerprint density at radius 2 is 1.83 bits per heavy atom. The van der Waals surface area contributed by atoms with Gasteiger partial charge in [0, 0.05) is 44.8 Å². The van der Waals surface area contributed by atoms with Crippen molar-refractivity contribution >= 4 is 27.5 Å². The van der Waals surface area contributed by atoms with Gasteiger partial charge in [-0.1, -0.05) is 6.92 Å². The molecule has 0 saturated carbocycles. The van der Waals surface area contributed by atoms with E-state index in [1.807, 2.05) is 32.8 Å². The molecule has 0 spiro atoms. The third-order valence-corrected chi connectivity index (χ3v) is 10.4. The van der Waals surface area contributed by atoms with Crippen LogP contribution < -0.4 is 14.8 Å². The number of aliphatic hydroxyl groups is 1. The van der Waals surface area contributed by atoms with Crippen LogP contribution in [0.15, 0.2) is 47.4 Å². The summed E-state index contributed by atoms with van der Waals surface area (Å²) in [7, 11) is 3.10. The van der Waals surface area contributed by atoms with E-state index in [1.54, 1.807) is 42.2 Å². The lowest BCUT2D eigenvalue weighted by Gasteiger charge is -2.35. The second-order valence-electron chi connectivity index (χ2n) is 12.9. The predicted octanol–water partition coefficient (Wildman–Crippen LogP) is 4.09. The molecule has 1 heterocycles. The number of carbonyl (C=O) groups is 2. The van der Waals surface area contributed by atoms with Gasteiger partial charge >= 0.3 is 0 Å². The zero-order chi connectivity index (χ0) is 35.4. The third-order valence-electron chi connectivity index (χ3n) is 8.55. The molecular formula is C35H54N4O8S. The molecule has 0 saturated heterocycles. The Balaban J connectivity index is 1.92. The maximum atomic E-state index is 14.3. The van der Waals surface area contributed by atoms with Crippen LogP contribution in [-0.2, 0) is 19.6 Å². The molecule has 12 nitrogen and oxygen atoms in total. The second-order valence-corrected chi connectivity index (χ2v) is 15.0. The Morgan fingerprint density at radius 3 is 2.48 bits per heavy atom. The summed E-state index contributed by atoms with van der Waals surface area (Å²) in [6, 6.07) is 10.7. The van der Waals surface area contributed by atoms with Gasteiger partial charge in [-0.15, -0.1) is 0 Å².